The molecule has 0 N–H and O–H groups in total. The Morgan fingerprint density at radius 2 is 1.97 bits per heavy atom. The van der Waals surface area contributed by atoms with Crippen LogP contribution in [0.4, 0.5) is 0 Å². The maximum Gasteiger partial charge on any atom is 0.250 e. The smallest absolute Gasteiger partial charge is 0.250 e. The van der Waals surface area contributed by atoms with Gasteiger partial charge >= 0.3 is 0 Å². The first-order chi connectivity index (χ1) is 15.3. The summed E-state index contributed by atoms with van der Waals surface area (Å²) in [6, 6.07) is 10.8. The van der Waals surface area contributed by atoms with Crippen molar-refractivity contribution >= 4 is 22.8 Å². The molecule has 1 atom stereocenters. The number of thiophene rings is 1. The molecule has 1 aromatic carbocycles. The maximum atomic E-state index is 12.7. The third-order valence-electron chi connectivity index (χ3n) is 6.01. The van der Waals surface area contributed by atoms with Gasteiger partial charge in [-0.25, -0.2) is 0 Å². The molecule has 0 fully saturated rings. The van der Waals surface area contributed by atoms with E-state index in [9.17, 15) is 14.9 Å². The standard InChI is InChI=1S/C26H25N3O2S/c1-5-6-19(30)11-22-20-12-23(31)29(4)14-21(20)26-24(15(2)16(3)32-26)25(28-22)18-9-7-17(13-27)8-10-18/h7-10,12,14,22H,5-6,11H2,1-4H3/t22-/m0/s1. The number of benzene rings is 1. The number of ketones is 1. The number of carbonyl (C=O) groups is 1. The van der Waals surface area contributed by atoms with E-state index in [1.807, 2.05) is 25.3 Å². The highest BCUT2D eigenvalue weighted by Gasteiger charge is 2.30. The van der Waals surface area contributed by atoms with Crippen molar-refractivity contribution in [3.05, 3.63) is 79.6 Å². The van der Waals surface area contributed by atoms with Gasteiger partial charge in [-0.2, -0.15) is 5.26 Å². The van der Waals surface area contributed by atoms with Gasteiger partial charge in [-0.15, -0.1) is 11.3 Å². The average Bonchev–Trinajstić information content (AvgIpc) is 3.00. The Bertz CT molecular complexity index is 1340. The normalized spacial score (nSPS) is 14.7. The number of rotatable bonds is 5. The minimum absolute atomic E-state index is 0.111. The Hall–Kier alpha value is -3.30. The molecule has 1 aliphatic rings. The summed E-state index contributed by atoms with van der Waals surface area (Å²) < 4.78 is 1.59. The number of Topliss-reactive ketones (excluding diaryl/α,β-unsaturated/α-hetero) is 1. The molecule has 1 aliphatic heterocycles. The minimum Gasteiger partial charge on any atom is -0.318 e. The molecule has 3 heterocycles. The molecule has 0 saturated heterocycles. The van der Waals surface area contributed by atoms with Crippen molar-refractivity contribution in [3.8, 4) is 16.5 Å². The summed E-state index contributed by atoms with van der Waals surface area (Å²) >= 11 is 1.69. The third kappa shape index (κ3) is 3.85. The molecule has 0 saturated carbocycles. The molecular formula is C26H25N3O2S. The summed E-state index contributed by atoms with van der Waals surface area (Å²) in [4.78, 5) is 32.6. The predicted molar refractivity (Wildman–Crippen MR) is 129 cm³/mol. The molecule has 5 nitrogen and oxygen atoms in total. The summed E-state index contributed by atoms with van der Waals surface area (Å²) in [7, 11) is 1.75. The number of carbonyl (C=O) groups excluding carboxylic acids is 1. The molecular weight excluding hydrogens is 418 g/mol. The number of nitrogens with zero attached hydrogens (tertiary/aromatic N) is 3. The Kier molecular flexibility index (Phi) is 5.94. The zero-order valence-corrected chi connectivity index (χ0v) is 19.5. The fourth-order valence-corrected chi connectivity index (χ4v) is 5.37. The zero-order valence-electron chi connectivity index (χ0n) is 18.7. The first-order valence-electron chi connectivity index (χ1n) is 10.7. The van der Waals surface area contributed by atoms with E-state index in [0.717, 1.165) is 44.8 Å². The van der Waals surface area contributed by atoms with Gasteiger partial charge in [0.2, 0.25) is 0 Å². The number of nitriles is 1. The van der Waals surface area contributed by atoms with Crippen LogP contribution < -0.4 is 5.56 Å². The molecule has 0 spiro atoms. The molecule has 0 unspecified atom stereocenters. The average molecular weight is 444 g/mol. The lowest BCUT2D eigenvalue weighted by Crippen LogP contribution is -2.18. The summed E-state index contributed by atoms with van der Waals surface area (Å²) in [5, 5.41) is 9.20. The number of aromatic nitrogens is 1. The van der Waals surface area contributed by atoms with Crippen LogP contribution in [0.15, 0.2) is 46.3 Å². The van der Waals surface area contributed by atoms with Gasteiger partial charge in [0.05, 0.1) is 23.4 Å². The first kappa shape index (κ1) is 21.9. The second-order valence-electron chi connectivity index (χ2n) is 8.25. The highest BCUT2D eigenvalue weighted by Crippen LogP contribution is 2.44. The van der Waals surface area contributed by atoms with Gasteiger partial charge in [-0.3, -0.25) is 14.6 Å². The lowest BCUT2D eigenvalue weighted by Gasteiger charge is -2.16. The third-order valence-corrected chi connectivity index (χ3v) is 7.25. The summed E-state index contributed by atoms with van der Waals surface area (Å²) in [6.45, 7) is 6.17. The van der Waals surface area contributed by atoms with Crippen molar-refractivity contribution < 1.29 is 4.79 Å². The molecule has 3 aromatic rings. The Morgan fingerprint density at radius 1 is 1.25 bits per heavy atom. The maximum absolute atomic E-state index is 12.7. The lowest BCUT2D eigenvalue weighted by atomic mass is 9.94. The van der Waals surface area contributed by atoms with Crippen molar-refractivity contribution in [1.82, 2.24) is 4.57 Å². The van der Waals surface area contributed by atoms with E-state index >= 15 is 0 Å². The van der Waals surface area contributed by atoms with Crippen LogP contribution in [0.2, 0.25) is 0 Å². The fourth-order valence-electron chi connectivity index (χ4n) is 4.18. The summed E-state index contributed by atoms with van der Waals surface area (Å²) in [5.74, 6) is 0.144. The second kappa shape index (κ2) is 8.68. The lowest BCUT2D eigenvalue weighted by molar-refractivity contribution is -0.119. The van der Waals surface area contributed by atoms with Gasteiger partial charge in [0.1, 0.15) is 5.78 Å². The van der Waals surface area contributed by atoms with Gasteiger partial charge in [0.25, 0.3) is 5.56 Å². The van der Waals surface area contributed by atoms with Crippen LogP contribution >= 0.6 is 11.3 Å². The monoisotopic (exact) mass is 443 g/mol. The van der Waals surface area contributed by atoms with Crippen LogP contribution in [0.5, 0.6) is 0 Å². The van der Waals surface area contributed by atoms with E-state index in [-0.39, 0.29) is 17.8 Å². The molecule has 0 bridgehead atoms. The SMILES string of the molecule is CCCC(=O)C[C@@H]1N=C(c2ccc(C#N)cc2)c2c(sc(C)c2C)-c2cn(C)c(=O)cc21. The number of pyridine rings is 1. The number of hydrogen-bond acceptors (Lipinski definition) is 5. The Balaban J connectivity index is 2.01. The predicted octanol–water partition coefficient (Wildman–Crippen LogP) is 5.25. The molecule has 6 heteroatoms. The van der Waals surface area contributed by atoms with Gasteiger partial charge in [0.15, 0.2) is 0 Å². The fraction of sp³-hybridized carbons (Fsp3) is 0.308. The number of hydrogen-bond donors (Lipinski definition) is 0. The molecule has 4 rings (SSSR count). The quantitative estimate of drug-likeness (QED) is 0.540. The molecule has 32 heavy (non-hydrogen) atoms. The first-order valence-corrected chi connectivity index (χ1v) is 11.6. The van der Waals surface area contributed by atoms with Crippen LogP contribution in [0.25, 0.3) is 10.4 Å². The van der Waals surface area contributed by atoms with Crippen molar-refractivity contribution in [1.29, 1.82) is 5.26 Å². The highest BCUT2D eigenvalue weighted by atomic mass is 32.1. The van der Waals surface area contributed by atoms with E-state index < -0.39 is 6.04 Å². The molecule has 162 valence electrons. The summed E-state index contributed by atoms with van der Waals surface area (Å²) in [6.07, 6.45) is 3.42. The van der Waals surface area contributed by atoms with Crippen LogP contribution in [0, 0.1) is 25.2 Å². The van der Waals surface area contributed by atoms with E-state index in [0.29, 0.717) is 12.0 Å². The number of aryl methyl sites for hydroxylation is 2. The second-order valence-corrected chi connectivity index (χ2v) is 9.48. The van der Waals surface area contributed by atoms with Crippen LogP contribution in [-0.4, -0.2) is 16.1 Å². The zero-order chi connectivity index (χ0) is 23.0. The Morgan fingerprint density at radius 3 is 2.62 bits per heavy atom. The van der Waals surface area contributed by atoms with Crippen molar-refractivity contribution in [2.45, 2.75) is 46.1 Å². The Labute approximate surface area is 191 Å². The van der Waals surface area contributed by atoms with Crippen molar-refractivity contribution in [2.75, 3.05) is 0 Å². The van der Waals surface area contributed by atoms with E-state index in [1.54, 1.807) is 41.2 Å². The largest absolute Gasteiger partial charge is 0.318 e. The highest BCUT2D eigenvalue weighted by molar-refractivity contribution is 7.16. The van der Waals surface area contributed by atoms with Gasteiger partial charge in [0, 0.05) is 58.6 Å². The van der Waals surface area contributed by atoms with Crippen molar-refractivity contribution in [2.24, 2.45) is 12.0 Å². The van der Waals surface area contributed by atoms with E-state index in [1.165, 1.54) is 4.88 Å². The number of aliphatic imine (C=N–C) groups is 1. The number of fused-ring (bicyclic) bond motifs is 3. The molecule has 0 radical (unpaired) electrons. The van der Waals surface area contributed by atoms with Gasteiger partial charge in [-0.05, 0) is 43.5 Å². The van der Waals surface area contributed by atoms with Gasteiger partial charge in [-0.1, -0.05) is 19.1 Å². The van der Waals surface area contributed by atoms with E-state index in [4.69, 9.17) is 4.99 Å². The van der Waals surface area contributed by atoms with Crippen molar-refractivity contribution in [3.63, 3.8) is 0 Å². The van der Waals surface area contributed by atoms with Gasteiger partial charge < -0.3 is 4.57 Å². The topological polar surface area (TPSA) is 75.2 Å². The molecule has 0 amide bonds. The summed E-state index contributed by atoms with van der Waals surface area (Å²) in [5.41, 5.74) is 6.15. The molecule has 0 aliphatic carbocycles. The van der Waals surface area contributed by atoms with E-state index in [2.05, 4.69) is 19.9 Å². The van der Waals surface area contributed by atoms with Crippen LogP contribution in [0.3, 0.4) is 0 Å². The van der Waals surface area contributed by atoms with Crippen LogP contribution in [0.1, 0.15) is 64.9 Å². The van der Waals surface area contributed by atoms with Crippen LogP contribution in [-0.2, 0) is 11.8 Å². The molecule has 2 aromatic heterocycles. The minimum atomic E-state index is -0.428.